The van der Waals surface area contributed by atoms with E-state index >= 15 is 0 Å². The summed E-state index contributed by atoms with van der Waals surface area (Å²) in [6.07, 6.45) is 0.999. The van der Waals surface area contributed by atoms with Gasteiger partial charge in [-0.3, -0.25) is 0 Å². The molecule has 0 spiro atoms. The van der Waals surface area contributed by atoms with Gasteiger partial charge in [0.2, 0.25) is 5.88 Å². The first-order valence-corrected chi connectivity index (χ1v) is 6.33. The molecule has 0 saturated carbocycles. The molecular weight excluding hydrogens is 226 g/mol. The number of nitrogens with zero attached hydrogens (tertiary/aromatic N) is 1. The molecule has 0 amide bonds. The summed E-state index contributed by atoms with van der Waals surface area (Å²) in [5, 5.41) is 11.3. The van der Waals surface area contributed by atoms with E-state index in [4.69, 9.17) is 4.74 Å². The lowest BCUT2D eigenvalue weighted by Gasteiger charge is -2.11. The van der Waals surface area contributed by atoms with Gasteiger partial charge in [-0.25, -0.2) is 4.98 Å². The predicted molar refractivity (Wildman–Crippen MR) is 72.6 cm³/mol. The van der Waals surface area contributed by atoms with Crippen molar-refractivity contribution in [2.75, 3.05) is 6.61 Å². The van der Waals surface area contributed by atoms with Crippen LogP contribution in [-0.4, -0.2) is 16.7 Å². The van der Waals surface area contributed by atoms with Gasteiger partial charge < -0.3 is 9.84 Å². The van der Waals surface area contributed by atoms with Crippen LogP contribution in [0.3, 0.4) is 0 Å². The summed E-state index contributed by atoms with van der Waals surface area (Å²) in [5.41, 5.74) is 0.647. The molecule has 0 aliphatic rings. The van der Waals surface area contributed by atoms with Crippen LogP contribution in [0.15, 0.2) is 30.3 Å². The standard InChI is InChI=1S/C15H19NO2/c1-11(2)7-8-18-15-14-6-4-3-5-12(14)9-13(10-17)16-15/h3-6,9,11,17H,7-8,10H2,1-2H3. The second-order valence-electron chi connectivity index (χ2n) is 4.83. The van der Waals surface area contributed by atoms with Crippen LogP contribution >= 0.6 is 0 Å². The van der Waals surface area contributed by atoms with Gasteiger partial charge in [0.1, 0.15) is 0 Å². The highest BCUT2D eigenvalue weighted by molar-refractivity contribution is 5.87. The number of ether oxygens (including phenoxy) is 1. The molecular formula is C15H19NO2. The maximum absolute atomic E-state index is 9.22. The van der Waals surface area contributed by atoms with Crippen LogP contribution in [0.1, 0.15) is 26.0 Å². The van der Waals surface area contributed by atoms with Gasteiger partial charge in [-0.1, -0.05) is 32.0 Å². The second-order valence-corrected chi connectivity index (χ2v) is 4.83. The summed E-state index contributed by atoms with van der Waals surface area (Å²) in [4.78, 5) is 4.34. The van der Waals surface area contributed by atoms with E-state index in [-0.39, 0.29) is 6.61 Å². The number of hydrogen-bond acceptors (Lipinski definition) is 3. The molecule has 96 valence electrons. The van der Waals surface area contributed by atoms with Crippen molar-refractivity contribution in [3.05, 3.63) is 36.0 Å². The second kappa shape index (κ2) is 5.83. The van der Waals surface area contributed by atoms with Gasteiger partial charge in [-0.2, -0.15) is 0 Å². The molecule has 3 nitrogen and oxygen atoms in total. The Morgan fingerprint density at radius 3 is 2.78 bits per heavy atom. The molecule has 1 aromatic carbocycles. The summed E-state index contributed by atoms with van der Waals surface area (Å²) in [5.74, 6) is 1.23. The van der Waals surface area contributed by atoms with E-state index < -0.39 is 0 Å². The Morgan fingerprint density at radius 2 is 2.06 bits per heavy atom. The lowest BCUT2D eigenvalue weighted by atomic mass is 10.1. The van der Waals surface area contributed by atoms with E-state index in [0.717, 1.165) is 17.2 Å². The zero-order chi connectivity index (χ0) is 13.0. The topological polar surface area (TPSA) is 42.4 Å². The smallest absolute Gasteiger partial charge is 0.221 e. The highest BCUT2D eigenvalue weighted by Gasteiger charge is 2.06. The maximum atomic E-state index is 9.22. The monoisotopic (exact) mass is 245 g/mol. The van der Waals surface area contributed by atoms with Crippen LogP contribution in [0.4, 0.5) is 0 Å². The molecule has 3 heteroatoms. The molecule has 2 aromatic rings. The van der Waals surface area contributed by atoms with E-state index in [2.05, 4.69) is 18.8 Å². The first kappa shape index (κ1) is 12.8. The lowest BCUT2D eigenvalue weighted by molar-refractivity contribution is 0.264. The third-order valence-electron chi connectivity index (χ3n) is 2.85. The summed E-state index contributed by atoms with van der Waals surface area (Å²) < 4.78 is 5.75. The van der Waals surface area contributed by atoms with E-state index in [0.29, 0.717) is 24.1 Å². The van der Waals surface area contributed by atoms with E-state index in [1.807, 2.05) is 30.3 Å². The van der Waals surface area contributed by atoms with Crippen molar-refractivity contribution >= 4 is 10.8 Å². The molecule has 18 heavy (non-hydrogen) atoms. The average molecular weight is 245 g/mol. The van der Waals surface area contributed by atoms with E-state index in [1.54, 1.807) is 0 Å². The molecule has 1 heterocycles. The molecule has 0 aliphatic carbocycles. The lowest BCUT2D eigenvalue weighted by Crippen LogP contribution is -2.04. The fraction of sp³-hybridized carbons (Fsp3) is 0.400. The first-order chi connectivity index (χ1) is 8.70. The predicted octanol–water partition coefficient (Wildman–Crippen LogP) is 3.15. The maximum Gasteiger partial charge on any atom is 0.221 e. The van der Waals surface area contributed by atoms with Crippen LogP contribution < -0.4 is 4.74 Å². The van der Waals surface area contributed by atoms with Gasteiger partial charge >= 0.3 is 0 Å². The van der Waals surface area contributed by atoms with E-state index in [1.165, 1.54) is 0 Å². The Bertz CT molecular complexity index is 523. The summed E-state index contributed by atoms with van der Waals surface area (Å²) in [6.45, 7) is 4.92. The van der Waals surface area contributed by atoms with Crippen LogP contribution in [0, 0.1) is 5.92 Å². The Balaban J connectivity index is 2.29. The fourth-order valence-electron chi connectivity index (χ4n) is 1.80. The number of hydrogen-bond donors (Lipinski definition) is 1. The molecule has 1 N–H and O–H groups in total. The highest BCUT2D eigenvalue weighted by atomic mass is 16.5. The van der Waals surface area contributed by atoms with Crippen molar-refractivity contribution in [3.8, 4) is 5.88 Å². The minimum atomic E-state index is -0.0641. The van der Waals surface area contributed by atoms with Crippen LogP contribution in [0.2, 0.25) is 0 Å². The third-order valence-corrected chi connectivity index (χ3v) is 2.85. The molecule has 0 unspecified atom stereocenters. The zero-order valence-electron chi connectivity index (χ0n) is 10.9. The van der Waals surface area contributed by atoms with Crippen molar-refractivity contribution < 1.29 is 9.84 Å². The number of fused-ring (bicyclic) bond motifs is 1. The van der Waals surface area contributed by atoms with E-state index in [9.17, 15) is 5.11 Å². The number of aromatic nitrogens is 1. The normalized spacial score (nSPS) is 11.1. The van der Waals surface area contributed by atoms with Crippen molar-refractivity contribution in [1.82, 2.24) is 4.98 Å². The minimum Gasteiger partial charge on any atom is -0.477 e. The SMILES string of the molecule is CC(C)CCOc1nc(CO)cc2ccccc12. The van der Waals surface area contributed by atoms with Gasteiger partial charge in [-0.05, 0) is 29.9 Å². The summed E-state index contributed by atoms with van der Waals surface area (Å²) in [6, 6.07) is 9.84. The number of pyridine rings is 1. The molecule has 0 aliphatic heterocycles. The minimum absolute atomic E-state index is 0.0641. The number of rotatable bonds is 5. The Kier molecular flexibility index (Phi) is 4.15. The summed E-state index contributed by atoms with van der Waals surface area (Å²) in [7, 11) is 0. The first-order valence-electron chi connectivity index (χ1n) is 6.33. The molecule has 1 aromatic heterocycles. The number of aliphatic hydroxyl groups excluding tert-OH is 1. The van der Waals surface area contributed by atoms with Gasteiger partial charge in [0.05, 0.1) is 18.9 Å². The Labute approximate surface area is 107 Å². The largest absolute Gasteiger partial charge is 0.477 e. The van der Waals surface area contributed by atoms with Crippen molar-refractivity contribution in [2.45, 2.75) is 26.9 Å². The molecule has 0 atom stereocenters. The van der Waals surface area contributed by atoms with Crippen molar-refractivity contribution in [2.24, 2.45) is 5.92 Å². The van der Waals surface area contributed by atoms with Crippen LogP contribution in [-0.2, 0) is 6.61 Å². The van der Waals surface area contributed by atoms with Crippen LogP contribution in [0.5, 0.6) is 5.88 Å². The van der Waals surface area contributed by atoms with Gasteiger partial charge in [0, 0.05) is 5.39 Å². The van der Waals surface area contributed by atoms with Gasteiger partial charge in [-0.15, -0.1) is 0 Å². The molecule has 0 bridgehead atoms. The molecule has 0 fully saturated rings. The Hall–Kier alpha value is -1.61. The fourth-order valence-corrected chi connectivity index (χ4v) is 1.80. The van der Waals surface area contributed by atoms with Gasteiger partial charge in [0.15, 0.2) is 0 Å². The van der Waals surface area contributed by atoms with Crippen molar-refractivity contribution in [1.29, 1.82) is 0 Å². The number of benzene rings is 1. The van der Waals surface area contributed by atoms with Gasteiger partial charge in [0.25, 0.3) is 0 Å². The van der Waals surface area contributed by atoms with Crippen LogP contribution in [0.25, 0.3) is 10.8 Å². The molecule has 0 radical (unpaired) electrons. The summed E-state index contributed by atoms with van der Waals surface area (Å²) >= 11 is 0. The third kappa shape index (κ3) is 2.99. The Morgan fingerprint density at radius 1 is 1.28 bits per heavy atom. The average Bonchev–Trinajstić information content (AvgIpc) is 2.38. The molecule has 0 saturated heterocycles. The van der Waals surface area contributed by atoms with Crippen molar-refractivity contribution in [3.63, 3.8) is 0 Å². The number of aliphatic hydroxyl groups is 1. The zero-order valence-corrected chi connectivity index (χ0v) is 10.9. The highest BCUT2D eigenvalue weighted by Crippen LogP contribution is 2.24. The molecule has 2 rings (SSSR count). The quantitative estimate of drug-likeness (QED) is 0.879.